The molecule has 19 heavy (non-hydrogen) atoms. The first kappa shape index (κ1) is 13.4. The van der Waals surface area contributed by atoms with E-state index in [4.69, 9.17) is 5.26 Å². The highest BCUT2D eigenvalue weighted by molar-refractivity contribution is 5.77. The van der Waals surface area contributed by atoms with Crippen molar-refractivity contribution in [3.8, 4) is 6.07 Å². The van der Waals surface area contributed by atoms with Crippen LogP contribution >= 0.6 is 0 Å². The fourth-order valence-electron chi connectivity index (χ4n) is 1.96. The Bertz CT molecular complexity index is 448. The largest absolute Gasteiger partial charge is 0.370 e. The molecule has 1 N–H and O–H groups in total. The second-order valence-electron chi connectivity index (χ2n) is 4.82. The second-order valence-corrected chi connectivity index (χ2v) is 4.82. The zero-order valence-electron chi connectivity index (χ0n) is 11.0. The highest BCUT2D eigenvalue weighted by Gasteiger charge is 2.23. The smallest absolute Gasteiger partial charge is 0.221 e. The lowest BCUT2D eigenvalue weighted by Crippen LogP contribution is -2.32. The van der Waals surface area contributed by atoms with Crippen LogP contribution in [0, 0.1) is 11.3 Å². The molecular formula is C15H19N3O. The molecule has 0 atom stereocenters. The Labute approximate surface area is 114 Å². The van der Waals surface area contributed by atoms with Gasteiger partial charge in [0.25, 0.3) is 0 Å². The predicted molar refractivity (Wildman–Crippen MR) is 74.7 cm³/mol. The van der Waals surface area contributed by atoms with Crippen LogP contribution < -0.4 is 10.2 Å². The number of hydrogen-bond donors (Lipinski definition) is 1. The standard InChI is InChI=1S/C15H19N3O/c16-10-4-11-18(14-5-2-1-3-6-14)12-9-15(19)17-13-7-8-13/h1-3,5-6,13H,4,7-9,11-12H2,(H,17,19). The fraction of sp³-hybridized carbons (Fsp3) is 0.467. The van der Waals surface area contributed by atoms with Gasteiger partial charge in [0.05, 0.1) is 12.5 Å². The van der Waals surface area contributed by atoms with Crippen molar-refractivity contribution in [1.29, 1.82) is 5.26 Å². The molecule has 0 aromatic heterocycles. The average Bonchev–Trinajstić information content (AvgIpc) is 3.24. The van der Waals surface area contributed by atoms with Crippen molar-refractivity contribution in [1.82, 2.24) is 5.32 Å². The van der Waals surface area contributed by atoms with E-state index in [1.807, 2.05) is 30.3 Å². The van der Waals surface area contributed by atoms with E-state index >= 15 is 0 Å². The van der Waals surface area contributed by atoms with Crippen LogP contribution in [-0.4, -0.2) is 25.0 Å². The molecule has 1 saturated carbocycles. The number of amides is 1. The topological polar surface area (TPSA) is 56.1 Å². The molecule has 2 rings (SSSR count). The molecular weight excluding hydrogens is 238 g/mol. The van der Waals surface area contributed by atoms with Gasteiger partial charge in [-0.25, -0.2) is 0 Å². The van der Waals surface area contributed by atoms with Crippen LogP contribution in [-0.2, 0) is 4.79 Å². The Balaban J connectivity index is 1.86. The molecule has 0 aliphatic heterocycles. The SMILES string of the molecule is N#CCCN(CCC(=O)NC1CC1)c1ccccc1. The summed E-state index contributed by atoms with van der Waals surface area (Å²) in [4.78, 5) is 13.8. The van der Waals surface area contributed by atoms with Crippen LogP contribution in [0.15, 0.2) is 30.3 Å². The fourth-order valence-corrected chi connectivity index (χ4v) is 1.96. The highest BCUT2D eigenvalue weighted by Crippen LogP contribution is 2.19. The summed E-state index contributed by atoms with van der Waals surface area (Å²) >= 11 is 0. The van der Waals surface area contributed by atoms with Crippen LogP contribution in [0.3, 0.4) is 0 Å². The molecule has 0 unspecified atom stereocenters. The monoisotopic (exact) mass is 257 g/mol. The lowest BCUT2D eigenvalue weighted by Gasteiger charge is -2.23. The van der Waals surface area contributed by atoms with Gasteiger partial charge in [-0.2, -0.15) is 5.26 Å². The van der Waals surface area contributed by atoms with Crippen LogP contribution in [0.1, 0.15) is 25.7 Å². The number of carbonyl (C=O) groups excluding carboxylic acids is 1. The van der Waals surface area contributed by atoms with Gasteiger partial charge in [0.15, 0.2) is 0 Å². The number of anilines is 1. The minimum absolute atomic E-state index is 0.111. The summed E-state index contributed by atoms with van der Waals surface area (Å²) < 4.78 is 0. The van der Waals surface area contributed by atoms with Crippen LogP contribution in [0.5, 0.6) is 0 Å². The zero-order chi connectivity index (χ0) is 13.5. The van der Waals surface area contributed by atoms with E-state index in [2.05, 4.69) is 16.3 Å². The molecule has 100 valence electrons. The maximum absolute atomic E-state index is 11.7. The van der Waals surface area contributed by atoms with Crippen LogP contribution in [0.4, 0.5) is 5.69 Å². The Morgan fingerprint density at radius 3 is 2.68 bits per heavy atom. The number of nitrogens with zero attached hydrogens (tertiary/aromatic N) is 2. The van der Waals surface area contributed by atoms with Crippen molar-refractivity contribution >= 4 is 11.6 Å². The van der Waals surface area contributed by atoms with Gasteiger partial charge < -0.3 is 10.2 Å². The Hall–Kier alpha value is -2.02. The minimum Gasteiger partial charge on any atom is -0.370 e. The summed E-state index contributed by atoms with van der Waals surface area (Å²) in [5, 5.41) is 11.7. The summed E-state index contributed by atoms with van der Waals surface area (Å²) in [5.74, 6) is 0.111. The van der Waals surface area contributed by atoms with Crippen molar-refractivity contribution in [2.45, 2.75) is 31.7 Å². The predicted octanol–water partition coefficient (Wildman–Crippen LogP) is 2.08. The number of carbonyl (C=O) groups is 1. The third kappa shape index (κ3) is 4.63. The van der Waals surface area contributed by atoms with E-state index in [9.17, 15) is 4.79 Å². The number of hydrogen-bond acceptors (Lipinski definition) is 3. The van der Waals surface area contributed by atoms with E-state index in [-0.39, 0.29) is 5.91 Å². The molecule has 1 aromatic carbocycles. The molecule has 1 fully saturated rings. The first-order valence-electron chi connectivity index (χ1n) is 6.76. The molecule has 4 heteroatoms. The molecule has 1 aliphatic carbocycles. The first-order chi connectivity index (χ1) is 9.29. The van der Waals surface area contributed by atoms with Crippen molar-refractivity contribution in [3.05, 3.63) is 30.3 Å². The third-order valence-electron chi connectivity index (χ3n) is 3.17. The highest BCUT2D eigenvalue weighted by atomic mass is 16.1. The summed E-state index contributed by atoms with van der Waals surface area (Å²) in [5.41, 5.74) is 1.07. The van der Waals surface area contributed by atoms with E-state index < -0.39 is 0 Å². The molecule has 0 bridgehead atoms. The number of rotatable bonds is 7. The molecule has 0 radical (unpaired) electrons. The van der Waals surface area contributed by atoms with Gasteiger partial charge >= 0.3 is 0 Å². The van der Waals surface area contributed by atoms with E-state index in [1.165, 1.54) is 0 Å². The molecule has 1 aromatic rings. The maximum Gasteiger partial charge on any atom is 0.221 e. The molecule has 1 amide bonds. The van der Waals surface area contributed by atoms with Crippen LogP contribution in [0.2, 0.25) is 0 Å². The van der Waals surface area contributed by atoms with Gasteiger partial charge in [0.1, 0.15) is 0 Å². The summed E-state index contributed by atoms with van der Waals surface area (Å²) in [6.07, 6.45) is 3.18. The summed E-state index contributed by atoms with van der Waals surface area (Å²) in [7, 11) is 0. The van der Waals surface area contributed by atoms with E-state index in [0.29, 0.717) is 32.0 Å². The minimum atomic E-state index is 0.111. The van der Waals surface area contributed by atoms with Gasteiger partial charge in [0, 0.05) is 31.2 Å². The lowest BCUT2D eigenvalue weighted by molar-refractivity contribution is -0.121. The zero-order valence-corrected chi connectivity index (χ0v) is 11.0. The number of para-hydroxylation sites is 1. The molecule has 0 saturated heterocycles. The third-order valence-corrected chi connectivity index (χ3v) is 3.17. The van der Waals surface area contributed by atoms with Crippen molar-refractivity contribution in [2.24, 2.45) is 0 Å². The van der Waals surface area contributed by atoms with Crippen molar-refractivity contribution in [3.63, 3.8) is 0 Å². The Kier molecular flexibility index (Phi) is 4.79. The van der Waals surface area contributed by atoms with E-state index in [0.717, 1.165) is 18.5 Å². The second kappa shape index (κ2) is 6.79. The summed E-state index contributed by atoms with van der Waals surface area (Å²) in [6.45, 7) is 1.32. The molecule has 1 aliphatic rings. The van der Waals surface area contributed by atoms with Gasteiger partial charge in [-0.15, -0.1) is 0 Å². The van der Waals surface area contributed by atoms with Crippen LogP contribution in [0.25, 0.3) is 0 Å². The van der Waals surface area contributed by atoms with Crippen molar-refractivity contribution < 1.29 is 4.79 Å². The Morgan fingerprint density at radius 1 is 1.32 bits per heavy atom. The average molecular weight is 257 g/mol. The molecule has 0 heterocycles. The van der Waals surface area contributed by atoms with Gasteiger partial charge in [-0.05, 0) is 25.0 Å². The van der Waals surface area contributed by atoms with Gasteiger partial charge in [-0.1, -0.05) is 18.2 Å². The number of nitrogens with one attached hydrogen (secondary N) is 1. The van der Waals surface area contributed by atoms with Gasteiger partial charge in [0.2, 0.25) is 5.91 Å². The number of nitriles is 1. The lowest BCUT2D eigenvalue weighted by atomic mass is 10.2. The normalized spacial score (nSPS) is 13.6. The molecule has 0 spiro atoms. The maximum atomic E-state index is 11.7. The Morgan fingerprint density at radius 2 is 2.05 bits per heavy atom. The van der Waals surface area contributed by atoms with Crippen molar-refractivity contribution in [2.75, 3.05) is 18.0 Å². The first-order valence-corrected chi connectivity index (χ1v) is 6.76. The summed E-state index contributed by atoms with van der Waals surface area (Å²) in [6, 6.07) is 12.5. The quantitative estimate of drug-likeness (QED) is 0.813. The molecule has 4 nitrogen and oxygen atoms in total. The van der Waals surface area contributed by atoms with Gasteiger partial charge in [-0.3, -0.25) is 4.79 Å². The van der Waals surface area contributed by atoms with E-state index in [1.54, 1.807) is 0 Å². The number of benzene rings is 1.